The lowest BCUT2D eigenvalue weighted by Crippen LogP contribution is -2.40. The van der Waals surface area contributed by atoms with Crippen molar-refractivity contribution in [1.82, 2.24) is 4.90 Å². The standard InChI is InChI=1S/C19H23N3O6/c23-13-14(10-16-2-1-7-28-16)12-20-17-4-3-15(11-18(17)22(25)26)19(24)21-5-8-27-9-6-21/h1-4,7,11,14,20,23H,5-6,8-10,12-13H2. The van der Waals surface area contributed by atoms with Gasteiger partial charge in [-0.05, 0) is 24.3 Å². The van der Waals surface area contributed by atoms with E-state index in [0.29, 0.717) is 45.0 Å². The van der Waals surface area contributed by atoms with Gasteiger partial charge in [-0.3, -0.25) is 14.9 Å². The number of carbonyl (C=O) groups is 1. The number of nitro benzene ring substituents is 1. The van der Waals surface area contributed by atoms with Crippen LogP contribution in [0.3, 0.4) is 0 Å². The van der Waals surface area contributed by atoms with Crippen LogP contribution in [0.25, 0.3) is 0 Å². The van der Waals surface area contributed by atoms with Crippen LogP contribution in [0.2, 0.25) is 0 Å². The van der Waals surface area contributed by atoms with Crippen LogP contribution in [0.4, 0.5) is 11.4 Å². The number of amides is 1. The van der Waals surface area contributed by atoms with Gasteiger partial charge in [0.2, 0.25) is 0 Å². The van der Waals surface area contributed by atoms with Crippen LogP contribution in [0, 0.1) is 16.0 Å². The third kappa shape index (κ3) is 4.87. The second-order valence-electron chi connectivity index (χ2n) is 6.61. The predicted octanol–water partition coefficient (Wildman–Crippen LogP) is 1.92. The molecule has 0 spiro atoms. The van der Waals surface area contributed by atoms with Gasteiger partial charge in [0.25, 0.3) is 11.6 Å². The quantitative estimate of drug-likeness (QED) is 0.523. The molecule has 1 amide bonds. The van der Waals surface area contributed by atoms with Gasteiger partial charge in [-0.15, -0.1) is 0 Å². The third-order valence-corrected chi connectivity index (χ3v) is 4.65. The minimum absolute atomic E-state index is 0.0882. The number of anilines is 1. The first-order valence-corrected chi connectivity index (χ1v) is 9.11. The minimum atomic E-state index is -0.515. The maximum Gasteiger partial charge on any atom is 0.293 e. The molecule has 1 saturated heterocycles. The molecule has 150 valence electrons. The Morgan fingerprint density at radius 2 is 2.11 bits per heavy atom. The molecule has 28 heavy (non-hydrogen) atoms. The summed E-state index contributed by atoms with van der Waals surface area (Å²) in [5.74, 6) is 0.325. The molecule has 2 heterocycles. The smallest absolute Gasteiger partial charge is 0.293 e. The van der Waals surface area contributed by atoms with Crippen molar-refractivity contribution in [1.29, 1.82) is 0 Å². The van der Waals surface area contributed by atoms with E-state index >= 15 is 0 Å². The van der Waals surface area contributed by atoms with Crippen molar-refractivity contribution in [3.63, 3.8) is 0 Å². The number of carbonyl (C=O) groups excluding carboxylic acids is 1. The maximum absolute atomic E-state index is 12.6. The van der Waals surface area contributed by atoms with Crippen molar-refractivity contribution in [2.45, 2.75) is 6.42 Å². The first kappa shape index (κ1) is 19.8. The zero-order chi connectivity index (χ0) is 19.9. The van der Waals surface area contributed by atoms with E-state index in [0.717, 1.165) is 5.76 Å². The molecule has 0 aliphatic carbocycles. The molecular weight excluding hydrogens is 366 g/mol. The van der Waals surface area contributed by atoms with Gasteiger partial charge >= 0.3 is 0 Å². The summed E-state index contributed by atoms with van der Waals surface area (Å²) in [6, 6.07) is 7.99. The normalized spacial score (nSPS) is 15.2. The van der Waals surface area contributed by atoms with Gasteiger partial charge in [0.15, 0.2) is 0 Å². The van der Waals surface area contributed by atoms with Crippen molar-refractivity contribution in [2.75, 3.05) is 44.8 Å². The van der Waals surface area contributed by atoms with E-state index < -0.39 is 4.92 Å². The lowest BCUT2D eigenvalue weighted by Gasteiger charge is -2.26. The van der Waals surface area contributed by atoms with Crippen LogP contribution in [-0.4, -0.2) is 60.3 Å². The molecule has 0 saturated carbocycles. The Morgan fingerprint density at radius 1 is 1.32 bits per heavy atom. The third-order valence-electron chi connectivity index (χ3n) is 4.65. The lowest BCUT2D eigenvalue weighted by molar-refractivity contribution is -0.384. The fourth-order valence-electron chi connectivity index (χ4n) is 3.08. The number of hydrogen-bond acceptors (Lipinski definition) is 7. The van der Waals surface area contributed by atoms with E-state index in [9.17, 15) is 20.0 Å². The Labute approximate surface area is 162 Å². The molecule has 1 atom stereocenters. The van der Waals surface area contributed by atoms with Gasteiger partial charge in [0, 0.05) is 50.2 Å². The molecule has 0 bridgehead atoms. The van der Waals surface area contributed by atoms with E-state index in [1.165, 1.54) is 12.1 Å². The largest absolute Gasteiger partial charge is 0.469 e. The van der Waals surface area contributed by atoms with Gasteiger partial charge < -0.3 is 24.5 Å². The second-order valence-corrected chi connectivity index (χ2v) is 6.61. The number of hydrogen-bond donors (Lipinski definition) is 2. The molecule has 1 aromatic carbocycles. The minimum Gasteiger partial charge on any atom is -0.469 e. The summed E-state index contributed by atoms with van der Waals surface area (Å²) in [4.78, 5) is 25.2. The van der Waals surface area contributed by atoms with Crippen molar-refractivity contribution in [3.05, 3.63) is 58.0 Å². The Bertz CT molecular complexity index is 802. The highest BCUT2D eigenvalue weighted by Crippen LogP contribution is 2.27. The number of nitrogens with one attached hydrogen (secondary N) is 1. The van der Waals surface area contributed by atoms with E-state index in [1.54, 1.807) is 23.3 Å². The fourth-order valence-corrected chi connectivity index (χ4v) is 3.08. The first-order valence-electron chi connectivity index (χ1n) is 9.11. The molecular formula is C19H23N3O6. The number of nitro groups is 1. The molecule has 1 aromatic heterocycles. The molecule has 3 rings (SSSR count). The van der Waals surface area contributed by atoms with Gasteiger partial charge in [0.1, 0.15) is 11.4 Å². The van der Waals surface area contributed by atoms with E-state index in [4.69, 9.17) is 9.15 Å². The summed E-state index contributed by atoms with van der Waals surface area (Å²) in [7, 11) is 0. The number of rotatable bonds is 8. The highest BCUT2D eigenvalue weighted by atomic mass is 16.6. The summed E-state index contributed by atoms with van der Waals surface area (Å²) in [6.45, 7) is 2.11. The SMILES string of the molecule is O=C(c1ccc(NCC(CO)Cc2ccco2)c([N+](=O)[O-])c1)N1CCOCC1. The molecule has 9 heteroatoms. The molecule has 1 fully saturated rings. The van der Waals surface area contributed by atoms with Crippen molar-refractivity contribution in [3.8, 4) is 0 Å². The molecule has 1 aliphatic rings. The van der Waals surface area contributed by atoms with Crippen molar-refractivity contribution >= 4 is 17.3 Å². The van der Waals surface area contributed by atoms with E-state index in [-0.39, 0.29) is 29.7 Å². The Balaban J connectivity index is 1.70. The molecule has 2 aromatic rings. The van der Waals surface area contributed by atoms with E-state index in [1.807, 2.05) is 6.07 Å². The van der Waals surface area contributed by atoms with Crippen molar-refractivity contribution < 1.29 is 24.0 Å². The van der Waals surface area contributed by atoms with Crippen LogP contribution >= 0.6 is 0 Å². The van der Waals surface area contributed by atoms with Crippen LogP contribution in [0.15, 0.2) is 41.0 Å². The van der Waals surface area contributed by atoms with Crippen molar-refractivity contribution in [2.24, 2.45) is 5.92 Å². The first-order chi connectivity index (χ1) is 13.6. The summed E-state index contributed by atoms with van der Waals surface area (Å²) in [5, 5.41) is 24.1. The van der Waals surface area contributed by atoms with Crippen LogP contribution in [0.1, 0.15) is 16.1 Å². The van der Waals surface area contributed by atoms with Gasteiger partial charge in [0.05, 0.1) is 24.4 Å². The molecule has 0 radical (unpaired) electrons. The maximum atomic E-state index is 12.6. The number of benzene rings is 1. The average Bonchev–Trinajstić information content (AvgIpc) is 3.24. The summed E-state index contributed by atoms with van der Waals surface area (Å²) >= 11 is 0. The van der Waals surface area contributed by atoms with Gasteiger partial charge in [-0.25, -0.2) is 0 Å². The zero-order valence-electron chi connectivity index (χ0n) is 15.4. The Morgan fingerprint density at radius 3 is 2.75 bits per heavy atom. The molecule has 2 N–H and O–H groups in total. The Kier molecular flexibility index (Phi) is 6.62. The number of aliphatic hydroxyl groups is 1. The predicted molar refractivity (Wildman–Crippen MR) is 101 cm³/mol. The van der Waals surface area contributed by atoms with E-state index in [2.05, 4.69) is 5.32 Å². The molecule has 9 nitrogen and oxygen atoms in total. The highest BCUT2D eigenvalue weighted by molar-refractivity contribution is 5.95. The fraction of sp³-hybridized carbons (Fsp3) is 0.421. The summed E-state index contributed by atoms with van der Waals surface area (Å²) in [5.41, 5.74) is 0.406. The number of ether oxygens (including phenoxy) is 1. The summed E-state index contributed by atoms with van der Waals surface area (Å²) < 4.78 is 10.5. The van der Waals surface area contributed by atoms with Crippen LogP contribution < -0.4 is 5.32 Å². The highest BCUT2D eigenvalue weighted by Gasteiger charge is 2.23. The van der Waals surface area contributed by atoms with Gasteiger partial charge in [-0.2, -0.15) is 0 Å². The summed E-state index contributed by atoms with van der Waals surface area (Å²) in [6.07, 6.45) is 2.07. The molecule has 1 aliphatic heterocycles. The Hall–Kier alpha value is -2.91. The van der Waals surface area contributed by atoms with Crippen LogP contribution in [0.5, 0.6) is 0 Å². The number of morpholine rings is 1. The molecule has 1 unspecified atom stereocenters. The topological polar surface area (TPSA) is 118 Å². The lowest BCUT2D eigenvalue weighted by atomic mass is 10.0. The number of nitrogens with zero attached hydrogens (tertiary/aromatic N) is 2. The van der Waals surface area contributed by atoms with Crippen LogP contribution in [-0.2, 0) is 11.2 Å². The number of aliphatic hydroxyl groups excluding tert-OH is 1. The second kappa shape index (κ2) is 9.34. The monoisotopic (exact) mass is 389 g/mol. The zero-order valence-corrected chi connectivity index (χ0v) is 15.4. The number of furan rings is 1. The average molecular weight is 389 g/mol. The van der Waals surface area contributed by atoms with Gasteiger partial charge in [-0.1, -0.05) is 0 Å².